The molecule has 3 aromatic heterocycles. The summed E-state index contributed by atoms with van der Waals surface area (Å²) in [5, 5.41) is 0. The van der Waals surface area contributed by atoms with Gasteiger partial charge in [-0.3, -0.25) is 19.9 Å². The van der Waals surface area contributed by atoms with Crippen LogP contribution < -0.4 is 0 Å². The van der Waals surface area contributed by atoms with E-state index in [4.69, 9.17) is 0 Å². The second kappa shape index (κ2) is 43.8. The van der Waals surface area contributed by atoms with E-state index in [1.807, 2.05) is 80.2 Å². The van der Waals surface area contributed by atoms with Gasteiger partial charge in [0.15, 0.2) is 0 Å². The third-order valence-electron chi connectivity index (χ3n) is 6.01. The Balaban J connectivity index is -0.0000000993. The quantitative estimate of drug-likeness (QED) is 0.236. The minimum Gasteiger partial charge on any atom is -0.261 e. The molecular weight excluding hydrogens is 643 g/mol. The van der Waals surface area contributed by atoms with E-state index in [0.717, 1.165) is 23.2 Å². The Kier molecular flexibility index (Phi) is 54.1. The molecule has 0 aliphatic rings. The number of rotatable bonds is 6. The van der Waals surface area contributed by atoms with Crippen LogP contribution in [0.5, 0.6) is 0 Å². The van der Waals surface area contributed by atoms with Gasteiger partial charge in [0, 0.05) is 44.6 Å². The molecule has 0 fully saturated rings. The molecule has 0 saturated heterocycles. The lowest BCUT2D eigenvalue weighted by Crippen LogP contribution is -1.98. The molecule has 0 unspecified atom stereocenters. The summed E-state index contributed by atoms with van der Waals surface area (Å²) < 4.78 is 0. The van der Waals surface area contributed by atoms with Gasteiger partial charge in [-0.2, -0.15) is 0 Å². The van der Waals surface area contributed by atoms with Crippen LogP contribution in [0.4, 0.5) is 0 Å². The molecule has 53 heavy (non-hydrogen) atoms. The molecule has 0 atom stereocenters. The average Bonchev–Trinajstić information content (AvgIpc) is 3.12. The summed E-state index contributed by atoms with van der Waals surface area (Å²) in [5.41, 5.74) is 7.14. The predicted octanol–water partition coefficient (Wildman–Crippen LogP) is 16.4. The second-order valence-electron chi connectivity index (χ2n) is 14.8. The lowest BCUT2D eigenvalue weighted by molar-refractivity contribution is 0.736. The first-order valence-electron chi connectivity index (χ1n) is 21.0. The first kappa shape index (κ1) is 65.3. The number of pyridine rings is 2. The van der Waals surface area contributed by atoms with Crippen LogP contribution in [0.15, 0.2) is 49.1 Å². The first-order chi connectivity index (χ1) is 24.3. The van der Waals surface area contributed by atoms with E-state index in [1.165, 1.54) is 22.5 Å². The van der Waals surface area contributed by atoms with E-state index < -0.39 is 0 Å². The Morgan fingerprint density at radius 2 is 0.472 bits per heavy atom. The van der Waals surface area contributed by atoms with Crippen LogP contribution in [0.2, 0.25) is 0 Å². The van der Waals surface area contributed by atoms with Crippen molar-refractivity contribution in [2.75, 3.05) is 0 Å². The van der Waals surface area contributed by atoms with Crippen LogP contribution in [-0.2, 0) is 0 Å². The molecule has 309 valence electrons. The Morgan fingerprint density at radius 3 is 0.585 bits per heavy atom. The molecule has 0 aliphatic heterocycles. The fraction of sp³-hybridized carbons (Fsp3) is 0.708. The Hall–Kier alpha value is -2.56. The van der Waals surface area contributed by atoms with Crippen LogP contribution in [0.3, 0.4) is 0 Å². The van der Waals surface area contributed by atoms with Crippen LogP contribution >= 0.6 is 0 Å². The number of aromatic nitrogens is 4. The number of hydrogen-bond acceptors (Lipinski definition) is 4. The molecular formula is C48H94BN4. The largest absolute Gasteiger partial charge is 0.261 e. The summed E-state index contributed by atoms with van der Waals surface area (Å²) in [4.78, 5) is 17.5. The molecule has 3 heterocycles. The van der Waals surface area contributed by atoms with Crippen LogP contribution in [0.1, 0.15) is 249 Å². The molecule has 0 aliphatic carbocycles. The summed E-state index contributed by atoms with van der Waals surface area (Å²) >= 11 is 0. The van der Waals surface area contributed by atoms with Crippen molar-refractivity contribution >= 4 is 8.41 Å². The van der Waals surface area contributed by atoms with Crippen molar-refractivity contribution in [1.82, 2.24) is 19.9 Å². The van der Waals surface area contributed by atoms with Crippen molar-refractivity contribution in [3.63, 3.8) is 0 Å². The van der Waals surface area contributed by atoms with E-state index in [0.29, 0.717) is 35.5 Å². The maximum Gasteiger partial charge on any atom is 0.0612 e. The van der Waals surface area contributed by atoms with E-state index in [-0.39, 0.29) is 8.41 Å². The molecule has 4 nitrogen and oxygen atoms in total. The molecule has 0 bridgehead atoms. The molecule has 5 heteroatoms. The molecule has 3 aromatic rings. The monoisotopic (exact) mass is 738 g/mol. The van der Waals surface area contributed by atoms with Gasteiger partial charge >= 0.3 is 0 Å². The summed E-state index contributed by atoms with van der Waals surface area (Å²) in [5.74, 6) is 4.84. The maximum absolute atomic E-state index is 4.40. The van der Waals surface area contributed by atoms with Crippen molar-refractivity contribution in [2.24, 2.45) is 11.8 Å². The highest BCUT2D eigenvalue weighted by molar-refractivity contribution is 5.75. The van der Waals surface area contributed by atoms with Gasteiger partial charge in [0.2, 0.25) is 0 Å². The highest BCUT2D eigenvalue weighted by Crippen LogP contribution is 2.17. The maximum atomic E-state index is 4.40. The van der Waals surface area contributed by atoms with Crippen LogP contribution in [0, 0.1) is 11.8 Å². The molecule has 0 aromatic carbocycles. The molecule has 0 saturated carbocycles. The first-order valence-corrected chi connectivity index (χ1v) is 21.0. The molecule has 0 N–H and O–H groups in total. The zero-order valence-electron chi connectivity index (χ0n) is 40.6. The third kappa shape index (κ3) is 42.1. The normalized spacial score (nSPS) is 9.40. The standard InChI is InChI=1S/2C11H17N.C10H16N2.2C4H10.4C2H6.B/c2*1-8(2)10-5-6-11(9(3)4)12-7-10;1-7(2)9-5-12-10(6-11-9)8(3)4;2*1-4(2)3;4*1-2;/h2*5-9H,1-4H3;5-8H,1-4H3;2*4H,1-3H3;4*1-2H3;. The smallest absolute Gasteiger partial charge is 0.0612 e. The van der Waals surface area contributed by atoms with Gasteiger partial charge in [-0.15, -0.1) is 0 Å². The molecule has 3 radical (unpaired) electrons. The average molecular weight is 738 g/mol. The third-order valence-corrected chi connectivity index (χ3v) is 6.01. The summed E-state index contributed by atoms with van der Waals surface area (Å²) in [6.07, 6.45) is 7.72. The van der Waals surface area contributed by atoms with Crippen molar-refractivity contribution in [3.05, 3.63) is 83.0 Å². The van der Waals surface area contributed by atoms with E-state index in [2.05, 4.69) is 169 Å². The van der Waals surface area contributed by atoms with Crippen molar-refractivity contribution in [1.29, 1.82) is 0 Å². The van der Waals surface area contributed by atoms with Crippen molar-refractivity contribution in [3.8, 4) is 0 Å². The Labute approximate surface area is 337 Å². The number of nitrogens with zero attached hydrogens (tertiary/aromatic N) is 4. The van der Waals surface area contributed by atoms with Gasteiger partial charge in [0.25, 0.3) is 0 Å². The topological polar surface area (TPSA) is 51.6 Å². The summed E-state index contributed by atoms with van der Waals surface area (Å²) in [6.45, 7) is 54.9. The van der Waals surface area contributed by atoms with Gasteiger partial charge in [-0.1, -0.05) is 192 Å². The van der Waals surface area contributed by atoms with E-state index in [1.54, 1.807) is 0 Å². The minimum atomic E-state index is 0. The van der Waals surface area contributed by atoms with Crippen LogP contribution in [-0.4, -0.2) is 28.3 Å². The van der Waals surface area contributed by atoms with Gasteiger partial charge < -0.3 is 0 Å². The van der Waals surface area contributed by atoms with Crippen LogP contribution in [0.25, 0.3) is 0 Å². The zero-order valence-corrected chi connectivity index (χ0v) is 40.6. The minimum absolute atomic E-state index is 0. The Bertz CT molecular complexity index is 844. The lowest BCUT2D eigenvalue weighted by atomic mass is 10.0. The van der Waals surface area contributed by atoms with Gasteiger partial charge in [-0.25, -0.2) is 0 Å². The van der Waals surface area contributed by atoms with Crippen molar-refractivity contribution < 1.29 is 0 Å². The lowest BCUT2D eigenvalue weighted by Gasteiger charge is -2.07. The van der Waals surface area contributed by atoms with E-state index >= 15 is 0 Å². The fourth-order valence-electron chi connectivity index (χ4n) is 3.14. The van der Waals surface area contributed by atoms with Gasteiger partial charge in [0.05, 0.1) is 11.4 Å². The molecule has 0 amide bonds. The fourth-order valence-corrected chi connectivity index (χ4v) is 3.14. The highest BCUT2D eigenvalue weighted by atomic mass is 14.8. The summed E-state index contributed by atoms with van der Waals surface area (Å²) in [7, 11) is 0. The highest BCUT2D eigenvalue weighted by Gasteiger charge is 2.05. The van der Waals surface area contributed by atoms with Gasteiger partial charge in [-0.05, 0) is 70.6 Å². The second-order valence-corrected chi connectivity index (χ2v) is 14.8. The molecule has 3 rings (SSSR count). The Morgan fingerprint density at radius 1 is 0.283 bits per heavy atom. The molecule has 0 spiro atoms. The van der Waals surface area contributed by atoms with Crippen molar-refractivity contribution in [2.45, 2.75) is 216 Å². The number of hydrogen-bond donors (Lipinski definition) is 0. The SMILES string of the molecule is CC.CC.CC.CC.CC(C)C.CC(C)C.CC(C)c1ccc(C(C)C)nc1.CC(C)c1ccc(C(C)C)nc1.CC(C)c1cnc(C(C)C)cn1.[B]. The zero-order chi connectivity index (χ0) is 42.6. The van der Waals surface area contributed by atoms with E-state index in [9.17, 15) is 0 Å². The summed E-state index contributed by atoms with van der Waals surface area (Å²) in [6, 6.07) is 8.60. The van der Waals surface area contributed by atoms with Gasteiger partial charge in [0.1, 0.15) is 0 Å². The predicted molar refractivity (Wildman–Crippen MR) is 247 cm³/mol.